The number of nitrogens with zero attached hydrogens (tertiary/aromatic N) is 2. The summed E-state index contributed by atoms with van der Waals surface area (Å²) >= 11 is 0. The molecule has 190 valence electrons. The van der Waals surface area contributed by atoms with Gasteiger partial charge in [0.05, 0.1) is 12.6 Å². The zero-order valence-corrected chi connectivity index (χ0v) is 21.9. The number of rotatable bonds is 7. The van der Waals surface area contributed by atoms with Crippen LogP contribution in [0.1, 0.15) is 57.4 Å². The molecule has 1 aromatic rings. The van der Waals surface area contributed by atoms with Crippen LogP contribution in [0, 0.1) is 5.92 Å². The van der Waals surface area contributed by atoms with Gasteiger partial charge in [0.15, 0.2) is 5.78 Å². The molecule has 1 aliphatic carbocycles. The van der Waals surface area contributed by atoms with Crippen molar-refractivity contribution >= 4 is 24.0 Å². The number of benzene rings is 1. The van der Waals surface area contributed by atoms with Crippen molar-refractivity contribution in [3.05, 3.63) is 29.8 Å². The Morgan fingerprint density at radius 3 is 2.44 bits per heavy atom. The second kappa shape index (κ2) is 11.5. The zero-order chi connectivity index (χ0) is 23.5. The van der Waals surface area contributed by atoms with Crippen molar-refractivity contribution in [2.75, 3.05) is 46.9 Å². The monoisotopic (exact) mass is 491 g/mol. The van der Waals surface area contributed by atoms with Crippen LogP contribution in [0.4, 0.5) is 0 Å². The van der Waals surface area contributed by atoms with Crippen LogP contribution in [-0.4, -0.2) is 79.3 Å². The number of carbonyl (C=O) groups is 2. The van der Waals surface area contributed by atoms with E-state index < -0.39 is 5.54 Å². The number of ether oxygens (including phenoxy) is 1. The highest BCUT2D eigenvalue weighted by molar-refractivity contribution is 6.01. The fourth-order valence-electron chi connectivity index (χ4n) is 6.40. The minimum Gasteiger partial charge on any atom is -0.497 e. The minimum atomic E-state index is -0.620. The number of hydrogen-bond donors (Lipinski definition) is 1. The number of likely N-dealkylation sites (N-methyl/N-ethyl adjacent to an activating group) is 1. The molecule has 0 radical (unpaired) electrons. The molecule has 0 amide bonds. The summed E-state index contributed by atoms with van der Waals surface area (Å²) in [6.45, 7) is 7.09. The number of unbranched alkanes of at least 4 members (excludes halogenated alkanes) is 1. The Kier molecular flexibility index (Phi) is 9.18. The number of methoxy groups -OCH3 is 1. The molecule has 0 bridgehead atoms. The maximum atomic E-state index is 14.1. The van der Waals surface area contributed by atoms with Crippen LogP contribution in [0.2, 0.25) is 0 Å². The van der Waals surface area contributed by atoms with E-state index in [4.69, 9.17) is 4.74 Å². The van der Waals surface area contributed by atoms with E-state index >= 15 is 0 Å². The van der Waals surface area contributed by atoms with Gasteiger partial charge in [-0.25, -0.2) is 0 Å². The van der Waals surface area contributed by atoms with Crippen molar-refractivity contribution < 1.29 is 14.3 Å². The van der Waals surface area contributed by atoms with Gasteiger partial charge in [0, 0.05) is 57.0 Å². The molecule has 2 saturated heterocycles. The number of Topliss-reactive ketones (excluding diaryl/α,β-unsaturated/α-hetero) is 2. The highest BCUT2D eigenvalue weighted by Gasteiger charge is 2.53. The fraction of sp³-hybridized carbons (Fsp3) is 0.704. The molecule has 3 fully saturated rings. The first kappa shape index (κ1) is 27.1. The van der Waals surface area contributed by atoms with Gasteiger partial charge in [0.1, 0.15) is 11.5 Å². The molecule has 4 rings (SSSR count). The number of piperidine rings is 1. The number of halogens is 1. The summed E-state index contributed by atoms with van der Waals surface area (Å²) in [5, 5.41) is 3.58. The average molecular weight is 492 g/mol. The Balaban J connectivity index is 0.00000324. The number of piperazine rings is 1. The third kappa shape index (κ3) is 5.35. The van der Waals surface area contributed by atoms with E-state index in [-0.39, 0.29) is 29.6 Å². The van der Waals surface area contributed by atoms with Gasteiger partial charge in [-0.15, -0.1) is 12.4 Å². The molecule has 34 heavy (non-hydrogen) atoms. The molecule has 2 atom stereocenters. The molecule has 0 aromatic heterocycles. The minimum absolute atomic E-state index is 0. The third-order valence-corrected chi connectivity index (χ3v) is 8.57. The smallest absolute Gasteiger partial charge is 0.157 e. The molecular formula is C27H42ClN3O3. The molecule has 1 saturated carbocycles. The number of hydrogen-bond acceptors (Lipinski definition) is 6. The lowest BCUT2D eigenvalue weighted by Gasteiger charge is -2.55. The molecule has 1 spiro atoms. The molecule has 1 aromatic carbocycles. The molecule has 2 unspecified atom stereocenters. The molecule has 6 nitrogen and oxygen atoms in total. The van der Waals surface area contributed by atoms with Crippen molar-refractivity contribution in [1.29, 1.82) is 0 Å². The number of carbonyl (C=O) groups excluding carboxylic acids is 2. The van der Waals surface area contributed by atoms with E-state index in [1.165, 1.54) is 0 Å². The summed E-state index contributed by atoms with van der Waals surface area (Å²) in [5.41, 5.74) is 0.663. The highest BCUT2D eigenvalue weighted by Crippen LogP contribution is 2.41. The van der Waals surface area contributed by atoms with Gasteiger partial charge < -0.3 is 10.1 Å². The quantitative estimate of drug-likeness (QED) is 0.629. The average Bonchev–Trinajstić information content (AvgIpc) is 2.83. The van der Waals surface area contributed by atoms with Gasteiger partial charge in [-0.05, 0) is 50.4 Å². The summed E-state index contributed by atoms with van der Waals surface area (Å²) in [5.74, 6) is 1.14. The zero-order valence-electron chi connectivity index (χ0n) is 21.1. The van der Waals surface area contributed by atoms with Gasteiger partial charge in [0.2, 0.25) is 0 Å². The summed E-state index contributed by atoms with van der Waals surface area (Å²) in [7, 11) is 3.90. The molecule has 1 N–H and O–H groups in total. The Morgan fingerprint density at radius 1 is 1.12 bits per heavy atom. The molecule has 7 heteroatoms. The maximum Gasteiger partial charge on any atom is 0.157 e. The Hall–Kier alpha value is -1.47. The van der Waals surface area contributed by atoms with Gasteiger partial charge in [-0.2, -0.15) is 0 Å². The van der Waals surface area contributed by atoms with E-state index in [1.807, 2.05) is 24.3 Å². The van der Waals surface area contributed by atoms with Crippen LogP contribution in [0.15, 0.2) is 24.3 Å². The summed E-state index contributed by atoms with van der Waals surface area (Å²) in [6.07, 6.45) is 6.33. The predicted molar refractivity (Wildman–Crippen MR) is 138 cm³/mol. The number of likely N-dealkylation sites (tertiary alicyclic amines) is 1. The largest absolute Gasteiger partial charge is 0.497 e. The second-order valence-corrected chi connectivity index (χ2v) is 10.5. The van der Waals surface area contributed by atoms with Crippen LogP contribution in [0.5, 0.6) is 5.75 Å². The standard InChI is InChI=1S/C27H41N3O3.ClH/c1-4-5-10-27(30-14-11-26(12-15-30)20-28-13-16-29(26)2)19-23(31)18-22(25(27)32)17-21-6-8-24(33-3)9-7-21;/h6-9,22,28H,4-5,10-20H2,1-3H3;1H. The van der Waals surface area contributed by atoms with Gasteiger partial charge in [0.25, 0.3) is 0 Å². The second-order valence-electron chi connectivity index (χ2n) is 10.5. The van der Waals surface area contributed by atoms with Crippen LogP contribution < -0.4 is 10.1 Å². The summed E-state index contributed by atoms with van der Waals surface area (Å²) in [6, 6.07) is 7.92. The van der Waals surface area contributed by atoms with E-state index in [1.54, 1.807) is 7.11 Å². The fourth-order valence-corrected chi connectivity index (χ4v) is 6.40. The van der Waals surface area contributed by atoms with E-state index in [2.05, 4.69) is 29.1 Å². The number of nitrogens with one attached hydrogen (secondary N) is 1. The molecule has 2 aliphatic heterocycles. The highest BCUT2D eigenvalue weighted by atomic mass is 35.5. The summed E-state index contributed by atoms with van der Waals surface area (Å²) < 4.78 is 5.27. The van der Waals surface area contributed by atoms with Crippen LogP contribution >= 0.6 is 12.4 Å². The van der Waals surface area contributed by atoms with Crippen molar-refractivity contribution in [2.45, 2.75) is 69.4 Å². The summed E-state index contributed by atoms with van der Waals surface area (Å²) in [4.78, 5) is 32.1. The normalized spacial score (nSPS) is 28.0. The first-order valence-electron chi connectivity index (χ1n) is 12.8. The molecular weight excluding hydrogens is 450 g/mol. The van der Waals surface area contributed by atoms with Gasteiger partial charge >= 0.3 is 0 Å². The van der Waals surface area contributed by atoms with Crippen LogP contribution in [0.25, 0.3) is 0 Å². The lowest BCUT2D eigenvalue weighted by molar-refractivity contribution is -0.150. The van der Waals surface area contributed by atoms with E-state index in [0.29, 0.717) is 25.0 Å². The van der Waals surface area contributed by atoms with E-state index in [9.17, 15) is 9.59 Å². The van der Waals surface area contributed by atoms with Crippen LogP contribution in [-0.2, 0) is 16.0 Å². The lowest BCUT2D eigenvalue weighted by Crippen LogP contribution is -2.68. The van der Waals surface area contributed by atoms with Gasteiger partial charge in [-0.1, -0.05) is 31.9 Å². The maximum absolute atomic E-state index is 14.1. The van der Waals surface area contributed by atoms with Gasteiger partial charge in [-0.3, -0.25) is 19.4 Å². The Labute approximate surface area is 211 Å². The first-order chi connectivity index (χ1) is 15.9. The SMILES string of the molecule is CCCCC1(N2CCC3(CC2)CNCCN3C)CC(=O)CC(Cc2ccc(OC)cc2)C1=O.Cl. The van der Waals surface area contributed by atoms with Crippen LogP contribution in [0.3, 0.4) is 0 Å². The van der Waals surface area contributed by atoms with Crippen molar-refractivity contribution in [3.8, 4) is 5.75 Å². The third-order valence-electron chi connectivity index (χ3n) is 8.57. The van der Waals surface area contributed by atoms with E-state index in [0.717, 1.165) is 76.1 Å². The first-order valence-corrected chi connectivity index (χ1v) is 12.8. The Bertz CT molecular complexity index is 838. The lowest BCUT2D eigenvalue weighted by atomic mass is 9.67. The predicted octanol–water partition coefficient (Wildman–Crippen LogP) is 3.51. The van der Waals surface area contributed by atoms with Crippen molar-refractivity contribution in [1.82, 2.24) is 15.1 Å². The Morgan fingerprint density at radius 2 is 1.82 bits per heavy atom. The number of ketones is 2. The molecule has 2 heterocycles. The van der Waals surface area contributed by atoms with Crippen molar-refractivity contribution in [2.24, 2.45) is 5.92 Å². The molecule has 3 aliphatic rings. The topological polar surface area (TPSA) is 61.9 Å². The van der Waals surface area contributed by atoms with Crippen molar-refractivity contribution in [3.63, 3.8) is 0 Å².